The van der Waals surface area contributed by atoms with E-state index in [9.17, 15) is 5.11 Å². The molecule has 0 spiro atoms. The largest absolute Gasteiger partial charge is 0.396 e. The normalized spacial score (nSPS) is 12.7. The van der Waals surface area contributed by atoms with Crippen LogP contribution in [0, 0.1) is 6.92 Å². The van der Waals surface area contributed by atoms with Crippen molar-refractivity contribution in [3.05, 3.63) is 51.3 Å². The van der Waals surface area contributed by atoms with E-state index >= 15 is 0 Å². The molecule has 1 aromatic carbocycles. The van der Waals surface area contributed by atoms with Crippen LogP contribution in [-0.2, 0) is 13.0 Å². The number of aryl methyl sites for hydroxylation is 2. The molecule has 1 N–H and O–H groups in total. The molecule has 1 aromatic heterocycles. The van der Waals surface area contributed by atoms with Crippen LogP contribution in [0.5, 0.6) is 0 Å². The number of aliphatic hydroxyl groups excluding tert-OH is 1. The fourth-order valence-electron chi connectivity index (χ4n) is 2.38. The van der Waals surface area contributed by atoms with Crippen LogP contribution in [0.25, 0.3) is 0 Å². The molecular formula is C15H18Cl2N2O. The van der Waals surface area contributed by atoms with Gasteiger partial charge < -0.3 is 5.11 Å². The van der Waals surface area contributed by atoms with Gasteiger partial charge in [0.25, 0.3) is 0 Å². The van der Waals surface area contributed by atoms with E-state index in [1.807, 2.05) is 42.8 Å². The van der Waals surface area contributed by atoms with Gasteiger partial charge in [0.1, 0.15) is 0 Å². The second kappa shape index (κ2) is 6.61. The van der Waals surface area contributed by atoms with Crippen LogP contribution in [0.2, 0.25) is 10.0 Å². The molecule has 0 radical (unpaired) electrons. The Kier molecular flexibility index (Phi) is 5.08. The third kappa shape index (κ3) is 3.00. The molecule has 0 aliphatic rings. The van der Waals surface area contributed by atoms with Crippen LogP contribution in [-0.4, -0.2) is 21.5 Å². The average molecular weight is 313 g/mol. The lowest BCUT2D eigenvalue weighted by atomic mass is 9.94. The van der Waals surface area contributed by atoms with Gasteiger partial charge in [-0.1, -0.05) is 41.4 Å². The Morgan fingerprint density at radius 3 is 2.60 bits per heavy atom. The monoisotopic (exact) mass is 312 g/mol. The Morgan fingerprint density at radius 2 is 2.00 bits per heavy atom. The van der Waals surface area contributed by atoms with Crippen molar-refractivity contribution in [1.29, 1.82) is 0 Å². The number of aliphatic hydroxyl groups is 1. The average Bonchev–Trinajstić information content (AvgIpc) is 2.73. The first-order valence-electron chi connectivity index (χ1n) is 6.65. The molecule has 0 saturated carbocycles. The number of hydrogen-bond donors (Lipinski definition) is 1. The second-order valence-electron chi connectivity index (χ2n) is 4.77. The highest BCUT2D eigenvalue weighted by Crippen LogP contribution is 2.30. The van der Waals surface area contributed by atoms with Gasteiger partial charge in [-0.25, -0.2) is 0 Å². The third-order valence-electron chi connectivity index (χ3n) is 3.46. The molecule has 20 heavy (non-hydrogen) atoms. The van der Waals surface area contributed by atoms with Crippen LogP contribution in [0.15, 0.2) is 24.3 Å². The molecule has 0 saturated heterocycles. The van der Waals surface area contributed by atoms with Gasteiger partial charge in [0.05, 0.1) is 23.0 Å². The minimum Gasteiger partial charge on any atom is -0.396 e. The predicted molar refractivity (Wildman–Crippen MR) is 82.6 cm³/mol. The molecule has 2 rings (SSSR count). The summed E-state index contributed by atoms with van der Waals surface area (Å²) >= 11 is 12.5. The van der Waals surface area contributed by atoms with Gasteiger partial charge in [-0.15, -0.1) is 0 Å². The summed E-state index contributed by atoms with van der Waals surface area (Å²) in [5.74, 6) is -0.0809. The van der Waals surface area contributed by atoms with Crippen molar-refractivity contribution in [2.45, 2.75) is 32.7 Å². The molecular weight excluding hydrogens is 295 g/mol. The maximum Gasteiger partial charge on any atom is 0.0847 e. The minimum absolute atomic E-state index is 0.0218. The zero-order chi connectivity index (χ0) is 14.7. The quantitative estimate of drug-likeness (QED) is 0.911. The lowest BCUT2D eigenvalue weighted by molar-refractivity contribution is 0.263. The van der Waals surface area contributed by atoms with Crippen LogP contribution in [0.3, 0.4) is 0 Å². The van der Waals surface area contributed by atoms with E-state index in [1.165, 1.54) is 0 Å². The summed E-state index contributed by atoms with van der Waals surface area (Å²) in [6.07, 6.45) is 0.619. The van der Waals surface area contributed by atoms with E-state index < -0.39 is 0 Å². The zero-order valence-corrected chi connectivity index (χ0v) is 13.1. The predicted octanol–water partition coefficient (Wildman–Crippen LogP) is 3.84. The number of aromatic nitrogens is 2. The Balaban J connectivity index is 2.34. The van der Waals surface area contributed by atoms with Gasteiger partial charge in [0.2, 0.25) is 0 Å². The summed E-state index contributed by atoms with van der Waals surface area (Å²) in [4.78, 5) is 0. The van der Waals surface area contributed by atoms with Crippen molar-refractivity contribution in [1.82, 2.24) is 9.78 Å². The number of hydrogen-bond acceptors (Lipinski definition) is 2. The number of rotatable bonds is 5. The van der Waals surface area contributed by atoms with E-state index in [1.54, 1.807) is 0 Å². The highest BCUT2D eigenvalue weighted by atomic mass is 35.5. The highest BCUT2D eigenvalue weighted by molar-refractivity contribution is 6.32. The van der Waals surface area contributed by atoms with Gasteiger partial charge in [-0.3, -0.25) is 4.68 Å². The maximum atomic E-state index is 9.70. The number of benzene rings is 1. The molecule has 1 heterocycles. The Labute approximate surface area is 129 Å². The molecule has 5 heteroatoms. The van der Waals surface area contributed by atoms with Crippen molar-refractivity contribution < 1.29 is 5.11 Å². The van der Waals surface area contributed by atoms with E-state index in [4.69, 9.17) is 23.2 Å². The van der Waals surface area contributed by atoms with E-state index in [2.05, 4.69) is 5.10 Å². The van der Waals surface area contributed by atoms with Gasteiger partial charge in [-0.05, 0) is 31.9 Å². The molecule has 0 fully saturated rings. The van der Waals surface area contributed by atoms with Gasteiger partial charge in [0, 0.05) is 17.5 Å². The van der Waals surface area contributed by atoms with Crippen LogP contribution >= 0.6 is 23.2 Å². The molecule has 0 aliphatic heterocycles. The van der Waals surface area contributed by atoms with Crippen LogP contribution in [0.1, 0.15) is 29.8 Å². The first kappa shape index (κ1) is 15.4. The van der Waals surface area contributed by atoms with Crippen LogP contribution in [0.4, 0.5) is 0 Å². The molecule has 0 bridgehead atoms. The summed E-state index contributed by atoms with van der Waals surface area (Å²) in [5, 5.41) is 15.4. The van der Waals surface area contributed by atoms with Crippen molar-refractivity contribution in [2.24, 2.45) is 0 Å². The van der Waals surface area contributed by atoms with Crippen molar-refractivity contribution >= 4 is 23.2 Å². The van der Waals surface area contributed by atoms with Crippen molar-refractivity contribution in [2.75, 3.05) is 6.61 Å². The molecule has 2 aromatic rings. The smallest absolute Gasteiger partial charge is 0.0847 e. The first-order valence-corrected chi connectivity index (χ1v) is 7.41. The van der Waals surface area contributed by atoms with Gasteiger partial charge in [-0.2, -0.15) is 5.10 Å². The lowest BCUT2D eigenvalue weighted by Crippen LogP contribution is -2.12. The second-order valence-corrected chi connectivity index (χ2v) is 5.55. The Hall–Kier alpha value is -1.03. The Bertz CT molecular complexity index is 596. The van der Waals surface area contributed by atoms with Crippen molar-refractivity contribution in [3.8, 4) is 0 Å². The van der Waals surface area contributed by atoms with E-state index in [0.29, 0.717) is 16.5 Å². The molecule has 108 valence electrons. The van der Waals surface area contributed by atoms with E-state index in [-0.39, 0.29) is 12.5 Å². The zero-order valence-electron chi connectivity index (χ0n) is 11.6. The third-order valence-corrected chi connectivity index (χ3v) is 4.29. The highest BCUT2D eigenvalue weighted by Gasteiger charge is 2.20. The molecule has 1 unspecified atom stereocenters. The van der Waals surface area contributed by atoms with Crippen LogP contribution < -0.4 is 0 Å². The molecule has 3 nitrogen and oxygen atoms in total. The maximum absolute atomic E-state index is 9.70. The summed E-state index contributed by atoms with van der Waals surface area (Å²) in [5.41, 5.74) is 2.71. The summed E-state index contributed by atoms with van der Waals surface area (Å²) in [6, 6.07) is 7.59. The SMILES string of the molecule is CCn1nc(C)c(Cl)c1CC(CO)c1ccccc1Cl. The number of halogens is 2. The minimum atomic E-state index is -0.0809. The van der Waals surface area contributed by atoms with Gasteiger partial charge in [0.15, 0.2) is 0 Å². The number of nitrogens with zero attached hydrogens (tertiary/aromatic N) is 2. The lowest BCUT2D eigenvalue weighted by Gasteiger charge is -2.17. The Morgan fingerprint density at radius 1 is 1.30 bits per heavy atom. The molecule has 1 atom stereocenters. The van der Waals surface area contributed by atoms with Gasteiger partial charge >= 0.3 is 0 Å². The molecule has 0 amide bonds. The summed E-state index contributed by atoms with van der Waals surface area (Å²) in [6.45, 7) is 4.69. The van der Waals surface area contributed by atoms with Crippen molar-refractivity contribution in [3.63, 3.8) is 0 Å². The molecule has 0 aliphatic carbocycles. The first-order chi connectivity index (χ1) is 9.58. The summed E-state index contributed by atoms with van der Waals surface area (Å²) < 4.78 is 1.89. The summed E-state index contributed by atoms with van der Waals surface area (Å²) in [7, 11) is 0. The van der Waals surface area contributed by atoms with E-state index in [0.717, 1.165) is 23.5 Å². The standard InChI is InChI=1S/C15H18Cl2N2O/c1-3-19-14(15(17)10(2)18-19)8-11(9-20)12-6-4-5-7-13(12)16/h4-7,11,20H,3,8-9H2,1-2H3. The fraction of sp³-hybridized carbons (Fsp3) is 0.400. The fourth-order valence-corrected chi connectivity index (χ4v) is 2.88. The topological polar surface area (TPSA) is 38.0 Å².